The van der Waals surface area contributed by atoms with Gasteiger partial charge in [-0.15, -0.1) is 0 Å². The van der Waals surface area contributed by atoms with Crippen molar-refractivity contribution in [3.05, 3.63) is 131 Å². The summed E-state index contributed by atoms with van der Waals surface area (Å²) in [6.45, 7) is 2.35. The highest BCUT2D eigenvalue weighted by Crippen LogP contribution is 2.33. The molecule has 0 saturated carbocycles. The van der Waals surface area contributed by atoms with Gasteiger partial charge >= 0.3 is 0 Å². The second-order valence-electron chi connectivity index (χ2n) is 9.98. The minimum absolute atomic E-state index is 0.340. The number of allylic oxidation sites excluding steroid dienone is 1. The summed E-state index contributed by atoms with van der Waals surface area (Å²) >= 11 is 6.23. The van der Waals surface area contributed by atoms with Crippen LogP contribution in [0, 0.1) is 0 Å². The number of nitrogens with zero attached hydrogens (tertiary/aromatic N) is 1. The molecular weight excluding hydrogens is 470 g/mol. The molecule has 0 aliphatic rings. The largest absolute Gasteiger partial charge is 0.371 e. The third-order valence-corrected chi connectivity index (χ3v) is 7.85. The molecule has 0 saturated heterocycles. The smallest absolute Gasteiger partial charge is 0.0406 e. The van der Waals surface area contributed by atoms with Gasteiger partial charge in [0.2, 0.25) is 0 Å². The Hall–Kier alpha value is -3.55. The van der Waals surface area contributed by atoms with Gasteiger partial charge in [-0.3, -0.25) is 0 Å². The zero-order valence-corrected chi connectivity index (χ0v) is 22.4. The maximum atomic E-state index is 6.23. The van der Waals surface area contributed by atoms with E-state index < -0.39 is 0 Å². The Balaban J connectivity index is 1.29. The van der Waals surface area contributed by atoms with Crippen LogP contribution in [0.25, 0.3) is 27.6 Å². The van der Waals surface area contributed by atoms with Crippen LogP contribution in [0.5, 0.6) is 0 Å². The summed E-state index contributed by atoms with van der Waals surface area (Å²) in [5.74, 6) is 0.405. The molecule has 5 rings (SSSR count). The number of likely N-dealkylation sites (N-methyl/N-ethyl adjacent to an activating group) is 1. The fourth-order valence-corrected chi connectivity index (χ4v) is 5.41. The Bertz CT molecular complexity index is 1500. The number of hydrogen-bond acceptors (Lipinski definition) is 1. The SMILES string of the molecule is CC(C(CCCC=Cc1ccc2ccccc2c1)c1ccc(Cl)cc1)N(C)c1ccc2ccccc2c1. The first-order valence-electron chi connectivity index (χ1n) is 13.2. The van der Waals surface area contributed by atoms with Gasteiger partial charge in [-0.1, -0.05) is 103 Å². The Morgan fingerprint density at radius 3 is 2.05 bits per heavy atom. The van der Waals surface area contributed by atoms with Gasteiger partial charge in [0.15, 0.2) is 0 Å². The zero-order valence-electron chi connectivity index (χ0n) is 21.6. The summed E-state index contributed by atoms with van der Waals surface area (Å²) in [4.78, 5) is 2.43. The Morgan fingerprint density at radius 1 is 0.730 bits per heavy atom. The predicted molar refractivity (Wildman–Crippen MR) is 163 cm³/mol. The molecule has 0 bridgehead atoms. The van der Waals surface area contributed by atoms with E-state index in [-0.39, 0.29) is 0 Å². The second kappa shape index (κ2) is 11.7. The minimum Gasteiger partial charge on any atom is -0.371 e. The number of halogens is 1. The van der Waals surface area contributed by atoms with E-state index in [1.54, 1.807) is 0 Å². The maximum absolute atomic E-state index is 6.23. The van der Waals surface area contributed by atoms with Gasteiger partial charge in [-0.25, -0.2) is 0 Å². The molecule has 2 heteroatoms. The van der Waals surface area contributed by atoms with Crippen LogP contribution in [0.3, 0.4) is 0 Å². The van der Waals surface area contributed by atoms with E-state index in [9.17, 15) is 0 Å². The van der Waals surface area contributed by atoms with E-state index in [0.29, 0.717) is 12.0 Å². The van der Waals surface area contributed by atoms with Crippen molar-refractivity contribution in [2.24, 2.45) is 0 Å². The normalized spacial score (nSPS) is 13.3. The van der Waals surface area contributed by atoms with Crippen molar-refractivity contribution in [1.82, 2.24) is 0 Å². The average molecular weight is 504 g/mol. The summed E-state index contributed by atoms with van der Waals surface area (Å²) in [6.07, 6.45) is 7.88. The first-order valence-corrected chi connectivity index (χ1v) is 13.6. The molecular formula is C35H34ClN. The van der Waals surface area contributed by atoms with Crippen LogP contribution < -0.4 is 4.90 Å². The molecule has 37 heavy (non-hydrogen) atoms. The second-order valence-corrected chi connectivity index (χ2v) is 10.4. The van der Waals surface area contributed by atoms with E-state index in [0.717, 1.165) is 24.3 Å². The van der Waals surface area contributed by atoms with Crippen molar-refractivity contribution < 1.29 is 0 Å². The maximum Gasteiger partial charge on any atom is 0.0406 e. The molecule has 186 valence electrons. The summed E-state index contributed by atoms with van der Waals surface area (Å²) < 4.78 is 0. The molecule has 2 unspecified atom stereocenters. The van der Waals surface area contributed by atoms with Crippen LogP contribution >= 0.6 is 11.6 Å². The standard InChI is InChI=1S/C35H34ClN/c1-26(37(2)34-23-20-29-12-7-9-14-32(29)25-34)35(30-18-21-33(36)22-19-30)15-5-3-4-10-27-16-17-28-11-6-8-13-31(28)24-27/h4,6-14,16-26,35H,3,5,15H2,1-2H3. The van der Waals surface area contributed by atoms with Crippen molar-refractivity contribution >= 4 is 44.9 Å². The summed E-state index contributed by atoms with van der Waals surface area (Å²) in [5, 5.41) is 5.92. The molecule has 0 aliphatic carbocycles. The molecule has 0 amide bonds. The van der Waals surface area contributed by atoms with Crippen LogP contribution in [-0.2, 0) is 0 Å². The molecule has 0 fully saturated rings. The lowest BCUT2D eigenvalue weighted by Crippen LogP contribution is -2.34. The summed E-state index contributed by atoms with van der Waals surface area (Å²) in [5.41, 5.74) is 3.86. The highest BCUT2D eigenvalue weighted by Gasteiger charge is 2.23. The van der Waals surface area contributed by atoms with E-state index >= 15 is 0 Å². The van der Waals surface area contributed by atoms with Gasteiger partial charge < -0.3 is 4.90 Å². The lowest BCUT2D eigenvalue weighted by atomic mass is 9.86. The quantitative estimate of drug-likeness (QED) is 0.181. The fraction of sp³-hybridized carbons (Fsp3) is 0.200. The molecule has 0 aliphatic heterocycles. The average Bonchev–Trinajstić information content (AvgIpc) is 2.94. The van der Waals surface area contributed by atoms with Crippen LogP contribution in [0.1, 0.15) is 43.2 Å². The Morgan fingerprint density at radius 2 is 1.35 bits per heavy atom. The van der Waals surface area contributed by atoms with Crippen LogP contribution in [0.2, 0.25) is 5.02 Å². The lowest BCUT2D eigenvalue weighted by Gasteiger charge is -2.34. The monoisotopic (exact) mass is 503 g/mol. The third kappa shape index (κ3) is 6.06. The molecule has 0 aromatic heterocycles. The third-order valence-electron chi connectivity index (χ3n) is 7.60. The van der Waals surface area contributed by atoms with Gasteiger partial charge in [0, 0.05) is 29.7 Å². The molecule has 0 N–H and O–H groups in total. The highest BCUT2D eigenvalue weighted by molar-refractivity contribution is 6.30. The molecule has 0 radical (unpaired) electrons. The number of unbranched alkanes of at least 4 members (excludes halogenated alkanes) is 1. The zero-order chi connectivity index (χ0) is 25.6. The first kappa shape index (κ1) is 25.1. The van der Waals surface area contributed by atoms with Gasteiger partial charge in [0.25, 0.3) is 0 Å². The molecule has 2 atom stereocenters. The van der Waals surface area contributed by atoms with Crippen LogP contribution in [0.4, 0.5) is 5.69 Å². The van der Waals surface area contributed by atoms with E-state index in [1.807, 2.05) is 12.1 Å². The number of benzene rings is 5. The number of hydrogen-bond donors (Lipinski definition) is 0. The predicted octanol–water partition coefficient (Wildman–Crippen LogP) is 10.1. The summed E-state index contributed by atoms with van der Waals surface area (Å²) in [6, 6.07) is 39.3. The van der Waals surface area contributed by atoms with Gasteiger partial charge in [-0.05, 0) is 89.2 Å². The van der Waals surface area contributed by atoms with Crippen LogP contribution in [0.15, 0.2) is 115 Å². The lowest BCUT2D eigenvalue weighted by molar-refractivity contribution is 0.497. The van der Waals surface area contributed by atoms with Crippen molar-refractivity contribution in [1.29, 1.82) is 0 Å². The molecule has 0 heterocycles. The van der Waals surface area contributed by atoms with Crippen molar-refractivity contribution in [2.45, 2.75) is 38.1 Å². The fourth-order valence-electron chi connectivity index (χ4n) is 5.28. The van der Waals surface area contributed by atoms with E-state index in [4.69, 9.17) is 11.6 Å². The van der Waals surface area contributed by atoms with Gasteiger partial charge in [0.05, 0.1) is 0 Å². The molecule has 0 spiro atoms. The van der Waals surface area contributed by atoms with E-state index in [2.05, 4.69) is 128 Å². The van der Waals surface area contributed by atoms with E-state index in [1.165, 1.54) is 38.4 Å². The number of anilines is 1. The molecule has 5 aromatic carbocycles. The minimum atomic E-state index is 0.340. The number of rotatable bonds is 9. The molecule has 5 aromatic rings. The van der Waals surface area contributed by atoms with Crippen molar-refractivity contribution in [2.75, 3.05) is 11.9 Å². The first-order chi connectivity index (χ1) is 18.1. The Kier molecular flexibility index (Phi) is 7.92. The summed E-state index contributed by atoms with van der Waals surface area (Å²) in [7, 11) is 2.22. The molecule has 1 nitrogen and oxygen atoms in total. The van der Waals surface area contributed by atoms with Crippen molar-refractivity contribution in [3.8, 4) is 0 Å². The van der Waals surface area contributed by atoms with Crippen molar-refractivity contribution in [3.63, 3.8) is 0 Å². The van der Waals surface area contributed by atoms with Gasteiger partial charge in [-0.2, -0.15) is 0 Å². The van der Waals surface area contributed by atoms with Gasteiger partial charge in [0.1, 0.15) is 0 Å². The Labute approximate surface area is 226 Å². The highest BCUT2D eigenvalue weighted by atomic mass is 35.5. The van der Waals surface area contributed by atoms with Crippen LogP contribution in [-0.4, -0.2) is 13.1 Å². The topological polar surface area (TPSA) is 3.24 Å². The number of fused-ring (bicyclic) bond motifs is 2.